The lowest BCUT2D eigenvalue weighted by Gasteiger charge is -2.30. The van der Waals surface area contributed by atoms with Crippen LogP contribution in [0.1, 0.15) is 49.8 Å². The smallest absolute Gasteiger partial charge is 0.0622 e. The summed E-state index contributed by atoms with van der Waals surface area (Å²) in [6.45, 7) is 4.43. The van der Waals surface area contributed by atoms with Crippen LogP contribution in [0.3, 0.4) is 0 Å². The summed E-state index contributed by atoms with van der Waals surface area (Å²) in [4.78, 5) is 3.50. The monoisotopic (exact) mass is 350 g/mol. The summed E-state index contributed by atoms with van der Waals surface area (Å²) < 4.78 is 0. The number of aryl methyl sites for hydroxylation is 1. The maximum atomic E-state index is 9.17. The molecule has 0 spiro atoms. The van der Waals surface area contributed by atoms with Crippen molar-refractivity contribution in [1.82, 2.24) is 4.98 Å². The summed E-state index contributed by atoms with van der Waals surface area (Å²) in [7, 11) is 0. The van der Waals surface area contributed by atoms with Crippen LogP contribution in [0, 0.1) is 11.3 Å². The van der Waals surface area contributed by atoms with E-state index < -0.39 is 0 Å². The Morgan fingerprint density at radius 3 is 2.60 bits per heavy atom. The third-order valence-electron chi connectivity index (χ3n) is 5.13. The molecule has 1 N–H and O–H groups in total. The number of hydrogen-bond donors (Lipinski definition) is 1. The van der Waals surface area contributed by atoms with Crippen molar-refractivity contribution in [3.63, 3.8) is 0 Å². The number of benzene rings is 2. The molecule has 0 saturated carbocycles. The summed E-state index contributed by atoms with van der Waals surface area (Å²) in [6, 6.07) is 16.8. The van der Waals surface area contributed by atoms with Crippen molar-refractivity contribution in [2.75, 3.05) is 0 Å². The SMILES string of the molecule is CCCc1cccc2c(C(C)(CCC#N)c3ccc(Cl)cc3)c[nH]c12. The van der Waals surface area contributed by atoms with Gasteiger partial charge in [-0.25, -0.2) is 0 Å². The van der Waals surface area contributed by atoms with E-state index in [-0.39, 0.29) is 5.41 Å². The minimum atomic E-state index is -0.233. The third-order valence-corrected chi connectivity index (χ3v) is 5.39. The first kappa shape index (κ1) is 17.6. The normalized spacial score (nSPS) is 13.5. The number of aromatic amines is 1. The Morgan fingerprint density at radius 1 is 1.16 bits per heavy atom. The molecule has 0 saturated heterocycles. The molecule has 0 aliphatic rings. The Balaban J connectivity index is 2.17. The highest BCUT2D eigenvalue weighted by atomic mass is 35.5. The van der Waals surface area contributed by atoms with Gasteiger partial charge in [0.05, 0.1) is 6.07 Å². The number of nitrogens with one attached hydrogen (secondary N) is 1. The number of nitriles is 1. The molecule has 3 heteroatoms. The van der Waals surface area contributed by atoms with Crippen LogP contribution in [0.5, 0.6) is 0 Å². The number of rotatable bonds is 6. The van der Waals surface area contributed by atoms with Crippen LogP contribution in [0.15, 0.2) is 48.7 Å². The first-order chi connectivity index (χ1) is 12.1. The number of para-hydroxylation sites is 1. The Labute approximate surface area is 154 Å². The average molecular weight is 351 g/mol. The van der Waals surface area contributed by atoms with Crippen LogP contribution in [0.4, 0.5) is 0 Å². The molecule has 2 nitrogen and oxygen atoms in total. The third kappa shape index (κ3) is 3.30. The molecule has 1 aromatic heterocycles. The van der Waals surface area contributed by atoms with Crippen LogP contribution in [0.2, 0.25) is 5.02 Å². The van der Waals surface area contributed by atoms with Crippen molar-refractivity contribution < 1.29 is 0 Å². The van der Waals surface area contributed by atoms with Gasteiger partial charge in [-0.15, -0.1) is 0 Å². The van der Waals surface area contributed by atoms with E-state index in [0.717, 1.165) is 24.3 Å². The number of H-pyrrole nitrogens is 1. The van der Waals surface area contributed by atoms with Crippen LogP contribution < -0.4 is 0 Å². The minimum absolute atomic E-state index is 0.233. The molecule has 0 fully saturated rings. The second kappa shape index (κ2) is 7.33. The van der Waals surface area contributed by atoms with Crippen LogP contribution >= 0.6 is 11.6 Å². The molecule has 2 aromatic carbocycles. The highest BCUT2D eigenvalue weighted by molar-refractivity contribution is 6.30. The fourth-order valence-electron chi connectivity index (χ4n) is 3.71. The highest BCUT2D eigenvalue weighted by Gasteiger charge is 2.31. The quantitative estimate of drug-likeness (QED) is 0.550. The zero-order valence-electron chi connectivity index (χ0n) is 14.8. The van der Waals surface area contributed by atoms with E-state index in [1.807, 2.05) is 12.1 Å². The molecule has 1 heterocycles. The standard InChI is InChI=1S/C22H23ClN2/c1-3-6-16-7-4-8-19-20(15-25-21(16)19)22(2,13-5-14-24)17-9-11-18(23)12-10-17/h4,7-12,15,25H,3,5-6,13H2,1-2H3. The molecular formula is C22H23ClN2. The van der Waals surface area contributed by atoms with Gasteiger partial charge in [-0.1, -0.05) is 62.2 Å². The van der Waals surface area contributed by atoms with Gasteiger partial charge in [-0.05, 0) is 41.7 Å². The lowest BCUT2D eigenvalue weighted by atomic mass is 9.73. The zero-order chi connectivity index (χ0) is 17.9. The van der Waals surface area contributed by atoms with Gasteiger partial charge in [0, 0.05) is 34.0 Å². The van der Waals surface area contributed by atoms with Crippen LogP contribution in [0.25, 0.3) is 10.9 Å². The van der Waals surface area contributed by atoms with Gasteiger partial charge in [0.2, 0.25) is 0 Å². The second-order valence-corrected chi connectivity index (χ2v) is 7.23. The summed E-state index contributed by atoms with van der Waals surface area (Å²) in [5.74, 6) is 0. The van der Waals surface area contributed by atoms with E-state index in [1.54, 1.807) is 0 Å². The van der Waals surface area contributed by atoms with Crippen molar-refractivity contribution >= 4 is 22.5 Å². The van der Waals surface area contributed by atoms with Gasteiger partial charge in [0.25, 0.3) is 0 Å². The number of aromatic nitrogens is 1. The first-order valence-electron chi connectivity index (χ1n) is 8.82. The van der Waals surface area contributed by atoms with Gasteiger partial charge < -0.3 is 4.98 Å². The maximum absolute atomic E-state index is 9.17. The van der Waals surface area contributed by atoms with Crippen molar-refractivity contribution in [3.05, 3.63) is 70.4 Å². The predicted molar refractivity (Wildman–Crippen MR) is 105 cm³/mol. The van der Waals surface area contributed by atoms with Crippen molar-refractivity contribution in [2.24, 2.45) is 0 Å². The fourth-order valence-corrected chi connectivity index (χ4v) is 3.84. The summed E-state index contributed by atoms with van der Waals surface area (Å²) in [5.41, 5.74) is 4.78. The molecule has 0 amide bonds. The van der Waals surface area contributed by atoms with E-state index in [4.69, 9.17) is 16.9 Å². The second-order valence-electron chi connectivity index (χ2n) is 6.79. The lowest BCUT2D eigenvalue weighted by Crippen LogP contribution is -2.23. The topological polar surface area (TPSA) is 39.6 Å². The van der Waals surface area contributed by atoms with E-state index in [2.05, 4.69) is 61.4 Å². The summed E-state index contributed by atoms with van der Waals surface area (Å²) >= 11 is 6.08. The molecule has 0 bridgehead atoms. The molecule has 128 valence electrons. The summed E-state index contributed by atoms with van der Waals surface area (Å²) in [5, 5.41) is 11.1. The molecule has 3 aromatic rings. The zero-order valence-corrected chi connectivity index (χ0v) is 15.5. The number of halogens is 1. The molecule has 3 rings (SSSR count). The van der Waals surface area contributed by atoms with E-state index >= 15 is 0 Å². The van der Waals surface area contributed by atoms with Crippen LogP contribution in [-0.4, -0.2) is 4.98 Å². The Morgan fingerprint density at radius 2 is 1.92 bits per heavy atom. The van der Waals surface area contributed by atoms with Gasteiger partial charge in [-0.3, -0.25) is 0 Å². The molecule has 1 unspecified atom stereocenters. The van der Waals surface area contributed by atoms with Gasteiger partial charge in [0.15, 0.2) is 0 Å². The van der Waals surface area contributed by atoms with E-state index in [9.17, 15) is 0 Å². The number of nitrogens with zero attached hydrogens (tertiary/aromatic N) is 1. The lowest BCUT2D eigenvalue weighted by molar-refractivity contribution is 0.532. The molecule has 0 aliphatic heterocycles. The van der Waals surface area contributed by atoms with E-state index in [1.165, 1.54) is 27.6 Å². The maximum Gasteiger partial charge on any atom is 0.0622 e. The van der Waals surface area contributed by atoms with Crippen molar-refractivity contribution in [1.29, 1.82) is 5.26 Å². The molecule has 0 radical (unpaired) electrons. The fraction of sp³-hybridized carbons (Fsp3) is 0.318. The van der Waals surface area contributed by atoms with Gasteiger partial charge >= 0.3 is 0 Å². The Hall–Kier alpha value is -2.24. The van der Waals surface area contributed by atoms with E-state index in [0.29, 0.717) is 6.42 Å². The van der Waals surface area contributed by atoms with Crippen molar-refractivity contribution in [3.8, 4) is 6.07 Å². The molecule has 1 atom stereocenters. The van der Waals surface area contributed by atoms with Crippen LogP contribution in [-0.2, 0) is 11.8 Å². The molecular weight excluding hydrogens is 328 g/mol. The van der Waals surface area contributed by atoms with Gasteiger partial charge in [0.1, 0.15) is 0 Å². The molecule has 0 aliphatic carbocycles. The average Bonchev–Trinajstić information content (AvgIpc) is 3.06. The largest absolute Gasteiger partial charge is 0.361 e. The number of hydrogen-bond acceptors (Lipinski definition) is 1. The van der Waals surface area contributed by atoms with Gasteiger partial charge in [-0.2, -0.15) is 5.26 Å². The summed E-state index contributed by atoms with van der Waals surface area (Å²) in [6.07, 6.45) is 5.59. The minimum Gasteiger partial charge on any atom is -0.361 e. The highest BCUT2D eigenvalue weighted by Crippen LogP contribution is 2.41. The number of fused-ring (bicyclic) bond motifs is 1. The Bertz CT molecular complexity index is 902. The predicted octanol–water partition coefficient (Wildman–Crippen LogP) is 6.38. The molecule has 25 heavy (non-hydrogen) atoms. The van der Waals surface area contributed by atoms with Crippen molar-refractivity contribution in [2.45, 2.75) is 44.9 Å². The Kier molecular flexibility index (Phi) is 5.16. The first-order valence-corrected chi connectivity index (χ1v) is 9.20.